The van der Waals surface area contributed by atoms with Crippen LogP contribution in [0.2, 0.25) is 0 Å². The van der Waals surface area contributed by atoms with Gasteiger partial charge in [0, 0.05) is 12.4 Å². The van der Waals surface area contributed by atoms with Crippen LogP contribution in [-0.4, -0.2) is 32.9 Å². The molecular weight excluding hydrogens is 364 g/mol. The molecule has 0 radical (unpaired) electrons. The molecule has 0 aliphatic rings. The summed E-state index contributed by atoms with van der Waals surface area (Å²) in [6.07, 6.45) is 0. The van der Waals surface area contributed by atoms with Crippen LogP contribution in [0.15, 0.2) is 33.9 Å². The number of fused-ring (bicyclic) bond motifs is 1. The van der Waals surface area contributed by atoms with Crippen molar-refractivity contribution in [3.8, 4) is 0 Å². The van der Waals surface area contributed by atoms with Gasteiger partial charge in [-0.1, -0.05) is 18.2 Å². The number of H-pyrrole nitrogens is 1. The van der Waals surface area contributed by atoms with Gasteiger partial charge in [-0.05, 0) is 25.5 Å². The third-order valence-electron chi connectivity index (χ3n) is 4.52. The number of nitrogens with zero attached hydrogens (tertiary/aromatic N) is 2. The summed E-state index contributed by atoms with van der Waals surface area (Å²) in [6, 6.07) is 7.35. The molecular formula is C19H18N4O5. The maximum Gasteiger partial charge on any atom is 0.340 e. The Kier molecular flexibility index (Phi) is 4.83. The molecule has 0 aliphatic carbocycles. The summed E-state index contributed by atoms with van der Waals surface area (Å²) < 4.78 is 6.04. The Hall–Kier alpha value is -3.75. The van der Waals surface area contributed by atoms with Crippen LogP contribution in [0, 0.1) is 13.8 Å². The highest BCUT2D eigenvalue weighted by atomic mass is 16.5. The number of nitrogens with two attached hydrogens (primary N) is 1. The predicted molar refractivity (Wildman–Crippen MR) is 103 cm³/mol. The van der Waals surface area contributed by atoms with Gasteiger partial charge in [-0.15, -0.1) is 0 Å². The Morgan fingerprint density at radius 1 is 1.18 bits per heavy atom. The molecule has 1 aromatic carbocycles. The summed E-state index contributed by atoms with van der Waals surface area (Å²) >= 11 is 0. The number of hydrogen-bond acceptors (Lipinski definition) is 7. The molecule has 9 heteroatoms. The molecule has 28 heavy (non-hydrogen) atoms. The highest BCUT2D eigenvalue weighted by Gasteiger charge is 2.22. The number of nitrogens with one attached hydrogen (secondary N) is 1. The maximum absolute atomic E-state index is 12.6. The number of pyridine rings is 1. The first-order chi connectivity index (χ1) is 13.2. The number of carbonyl (C=O) groups excluding carboxylic acids is 2. The average Bonchev–Trinajstić information content (AvgIpc) is 2.64. The van der Waals surface area contributed by atoms with Crippen molar-refractivity contribution in [1.29, 1.82) is 0 Å². The number of ketones is 1. The van der Waals surface area contributed by atoms with Gasteiger partial charge in [0.1, 0.15) is 11.4 Å². The summed E-state index contributed by atoms with van der Waals surface area (Å²) in [5.74, 6) is -1.84. The molecule has 0 aliphatic heterocycles. The number of para-hydroxylation sites is 1. The standard InChI is InChI=1S/C19H18N4O5/c1-9-11-6-4-5-7-12(11)21-10(2)14(9)18(26)28-8-13(24)15-16(20)23(3)19(27)22-17(15)25/h4-7H,8,20H2,1-3H3,(H,22,25,27). The van der Waals surface area contributed by atoms with Crippen LogP contribution in [0.3, 0.4) is 0 Å². The van der Waals surface area contributed by atoms with Gasteiger partial charge in [-0.3, -0.25) is 24.1 Å². The first-order valence-electron chi connectivity index (χ1n) is 8.37. The van der Waals surface area contributed by atoms with Crippen molar-refractivity contribution in [2.75, 3.05) is 12.3 Å². The van der Waals surface area contributed by atoms with Gasteiger partial charge >= 0.3 is 11.7 Å². The van der Waals surface area contributed by atoms with Crippen molar-refractivity contribution in [1.82, 2.24) is 14.5 Å². The molecule has 0 saturated heterocycles. The molecule has 3 N–H and O–H groups in total. The van der Waals surface area contributed by atoms with Crippen LogP contribution in [0.4, 0.5) is 5.82 Å². The summed E-state index contributed by atoms with van der Waals surface area (Å²) in [4.78, 5) is 54.7. The number of rotatable bonds is 4. The number of ether oxygens (including phenoxy) is 1. The highest BCUT2D eigenvalue weighted by Crippen LogP contribution is 2.23. The predicted octanol–water partition coefficient (Wildman–Crippen LogP) is 0.861. The number of aryl methyl sites for hydroxylation is 2. The van der Waals surface area contributed by atoms with Crippen LogP contribution >= 0.6 is 0 Å². The Balaban J connectivity index is 1.89. The van der Waals surface area contributed by atoms with Gasteiger partial charge in [-0.2, -0.15) is 0 Å². The molecule has 2 heterocycles. The zero-order valence-corrected chi connectivity index (χ0v) is 15.5. The molecule has 0 unspecified atom stereocenters. The third-order valence-corrected chi connectivity index (χ3v) is 4.52. The lowest BCUT2D eigenvalue weighted by molar-refractivity contribution is 0.0472. The van der Waals surface area contributed by atoms with Crippen LogP contribution < -0.4 is 17.0 Å². The number of aromatic amines is 1. The summed E-state index contributed by atoms with van der Waals surface area (Å²) in [5.41, 5.74) is 5.73. The number of Topliss-reactive ketones (excluding diaryl/α,β-unsaturated/α-hetero) is 1. The van der Waals surface area contributed by atoms with E-state index < -0.39 is 35.2 Å². The molecule has 0 fully saturated rings. The third kappa shape index (κ3) is 3.18. The Labute approximate surface area is 158 Å². The maximum atomic E-state index is 12.6. The van der Waals surface area contributed by atoms with Crippen LogP contribution in [-0.2, 0) is 11.8 Å². The van der Waals surface area contributed by atoms with E-state index >= 15 is 0 Å². The number of nitrogen functional groups attached to an aromatic ring is 1. The number of aromatic nitrogens is 3. The van der Waals surface area contributed by atoms with E-state index in [1.807, 2.05) is 29.2 Å². The van der Waals surface area contributed by atoms with Crippen molar-refractivity contribution < 1.29 is 14.3 Å². The van der Waals surface area contributed by atoms with Crippen LogP contribution in [0.5, 0.6) is 0 Å². The normalized spacial score (nSPS) is 10.8. The Morgan fingerprint density at radius 3 is 2.57 bits per heavy atom. The second-order valence-corrected chi connectivity index (χ2v) is 6.29. The zero-order valence-electron chi connectivity index (χ0n) is 15.5. The van der Waals surface area contributed by atoms with Crippen LogP contribution in [0.1, 0.15) is 32.0 Å². The fraction of sp³-hybridized carbons (Fsp3) is 0.211. The lowest BCUT2D eigenvalue weighted by Gasteiger charge is -2.12. The van der Waals surface area contributed by atoms with E-state index in [-0.39, 0.29) is 11.4 Å². The highest BCUT2D eigenvalue weighted by molar-refractivity contribution is 6.03. The number of esters is 1. The molecule has 0 spiro atoms. The topological polar surface area (TPSA) is 137 Å². The van der Waals surface area contributed by atoms with Gasteiger partial charge in [0.15, 0.2) is 6.61 Å². The molecule has 3 rings (SSSR count). The van der Waals surface area contributed by atoms with Gasteiger partial charge in [0.25, 0.3) is 5.56 Å². The molecule has 2 aromatic heterocycles. The van der Waals surface area contributed by atoms with E-state index in [0.717, 1.165) is 15.5 Å². The first kappa shape index (κ1) is 19.0. The molecule has 144 valence electrons. The van der Waals surface area contributed by atoms with Gasteiger partial charge in [0.05, 0.1) is 16.8 Å². The molecule has 0 amide bonds. The number of hydrogen-bond donors (Lipinski definition) is 2. The fourth-order valence-electron chi connectivity index (χ4n) is 3.01. The second kappa shape index (κ2) is 7.10. The van der Waals surface area contributed by atoms with E-state index in [4.69, 9.17) is 10.5 Å². The van der Waals surface area contributed by atoms with E-state index in [2.05, 4.69) is 4.98 Å². The molecule has 9 nitrogen and oxygen atoms in total. The summed E-state index contributed by atoms with van der Waals surface area (Å²) in [6.45, 7) is 2.74. The quantitative estimate of drug-likeness (QED) is 0.504. The smallest absolute Gasteiger partial charge is 0.340 e. The SMILES string of the molecule is Cc1nc2ccccc2c(C)c1C(=O)OCC(=O)c1c(N)n(C)c(=O)[nH]c1=O. The number of anilines is 1. The van der Waals surface area contributed by atoms with Gasteiger partial charge < -0.3 is 10.5 Å². The lowest BCUT2D eigenvalue weighted by Crippen LogP contribution is -2.35. The average molecular weight is 382 g/mol. The monoisotopic (exact) mass is 382 g/mol. The minimum atomic E-state index is -0.929. The number of benzene rings is 1. The minimum Gasteiger partial charge on any atom is -0.454 e. The van der Waals surface area contributed by atoms with Crippen LogP contribution in [0.25, 0.3) is 10.9 Å². The first-order valence-corrected chi connectivity index (χ1v) is 8.37. The lowest BCUT2D eigenvalue weighted by atomic mass is 10.0. The summed E-state index contributed by atoms with van der Waals surface area (Å²) in [5, 5.41) is 0.796. The largest absolute Gasteiger partial charge is 0.454 e. The van der Waals surface area contributed by atoms with Crippen molar-refractivity contribution in [2.24, 2.45) is 7.05 Å². The molecule has 0 saturated carbocycles. The Bertz CT molecular complexity index is 1240. The van der Waals surface area contributed by atoms with Gasteiger partial charge in [0.2, 0.25) is 5.78 Å². The van der Waals surface area contributed by atoms with Crippen molar-refractivity contribution in [3.05, 3.63) is 67.5 Å². The van der Waals surface area contributed by atoms with Gasteiger partial charge in [-0.25, -0.2) is 9.59 Å². The fourth-order valence-corrected chi connectivity index (χ4v) is 3.01. The van der Waals surface area contributed by atoms with Crippen molar-refractivity contribution in [2.45, 2.75) is 13.8 Å². The van der Waals surface area contributed by atoms with Crippen molar-refractivity contribution >= 4 is 28.5 Å². The van der Waals surface area contributed by atoms with Crippen molar-refractivity contribution in [3.63, 3.8) is 0 Å². The van der Waals surface area contributed by atoms with E-state index in [1.165, 1.54) is 7.05 Å². The molecule has 0 bridgehead atoms. The Morgan fingerprint density at radius 2 is 1.86 bits per heavy atom. The summed E-state index contributed by atoms with van der Waals surface area (Å²) in [7, 11) is 1.31. The molecule has 3 aromatic rings. The number of carbonyl (C=O) groups is 2. The van der Waals surface area contributed by atoms with E-state index in [0.29, 0.717) is 11.3 Å². The second-order valence-electron chi connectivity index (χ2n) is 6.29. The minimum absolute atomic E-state index is 0.258. The molecule has 0 atom stereocenters. The zero-order chi connectivity index (χ0) is 20.6. The van der Waals surface area contributed by atoms with E-state index in [1.54, 1.807) is 13.8 Å². The van der Waals surface area contributed by atoms with E-state index in [9.17, 15) is 19.2 Å².